The Balaban J connectivity index is 0.000000153. The molecule has 0 radical (unpaired) electrons. The van der Waals surface area contributed by atoms with Gasteiger partial charge >= 0.3 is 5.97 Å². The molecule has 12 aromatic rings. The zero-order valence-electron chi connectivity index (χ0n) is 50.2. The second-order valence-electron chi connectivity index (χ2n) is 21.2. The van der Waals surface area contributed by atoms with Crippen LogP contribution in [0.15, 0.2) is 182 Å². The zero-order chi connectivity index (χ0) is 64.7. The van der Waals surface area contributed by atoms with Gasteiger partial charge in [-0.15, -0.1) is 0 Å². The van der Waals surface area contributed by atoms with E-state index < -0.39 is 17.3 Å². The van der Waals surface area contributed by atoms with Crippen molar-refractivity contribution >= 4 is 62.2 Å². The molecular formula is C68H63ClF3N13O6. The average molecular weight is 1250 g/mol. The topological polar surface area (TPSA) is 256 Å². The standard InChI is InChI=1S/C26H26FN3O2.C21H17ClFN5O.C15H9FN2O3.C6H11N3/c1-17(2)32-25-14-19-4-5-20(26(31)29-11-10-23-15-28-16-30(23)3)12-21(19)13-24(25)18-6-8-22(27)9-7-18;1-28-12-24-11-16(28)8-9-25-21(29)14-4-7-17-18(10-14)26-19(20(22)27-17)13-2-5-15(23)6-3-13;16-10-4-1-8(2-5-10)13-14(19)18-11-6-3-9(15(20)21)7-12(11)17-13;1-9-5-8-4-6(9)2-3-7/h4-9,12-17H,10-11H2,1-3H3,(H,29,31);2-7,10-12H,8-9H2,1H3,(H,25,29);1-7H,(H,18,19)(H,20,21);4-5H,2-3,7H2,1H3. The Hall–Kier alpha value is -10.8. The molecule has 5 heterocycles. The maximum absolute atomic E-state index is 13.4. The maximum atomic E-state index is 13.4. The van der Waals surface area contributed by atoms with Crippen LogP contribution in [0.5, 0.6) is 5.75 Å². The lowest BCUT2D eigenvalue weighted by Gasteiger charge is -2.16. The van der Waals surface area contributed by atoms with Gasteiger partial charge in [0.05, 0.1) is 52.7 Å². The summed E-state index contributed by atoms with van der Waals surface area (Å²) in [6.45, 7) is 5.65. The minimum Gasteiger partial charge on any atom is -0.490 e. The number of rotatable bonds is 16. The van der Waals surface area contributed by atoms with Crippen molar-refractivity contribution in [2.24, 2.45) is 26.9 Å². The Morgan fingerprint density at radius 3 is 1.57 bits per heavy atom. The minimum atomic E-state index is -1.08. The van der Waals surface area contributed by atoms with Crippen LogP contribution >= 0.6 is 11.6 Å². The van der Waals surface area contributed by atoms with Crippen molar-refractivity contribution in [3.63, 3.8) is 0 Å². The number of aromatic amines is 1. The number of nitrogens with one attached hydrogen (secondary N) is 3. The molecule has 0 unspecified atom stereocenters. The van der Waals surface area contributed by atoms with E-state index in [-0.39, 0.29) is 46.0 Å². The molecule has 91 heavy (non-hydrogen) atoms. The van der Waals surface area contributed by atoms with Gasteiger partial charge in [-0.1, -0.05) is 29.8 Å². The molecule has 0 aliphatic rings. The molecule has 2 amide bonds. The van der Waals surface area contributed by atoms with E-state index in [9.17, 15) is 32.3 Å². The number of nitrogens with two attached hydrogens (primary N) is 1. The van der Waals surface area contributed by atoms with Gasteiger partial charge < -0.3 is 44.9 Å². The lowest BCUT2D eigenvalue weighted by Crippen LogP contribution is -2.26. The van der Waals surface area contributed by atoms with E-state index in [1.807, 2.05) is 85.2 Å². The van der Waals surface area contributed by atoms with Gasteiger partial charge in [0.2, 0.25) is 0 Å². The van der Waals surface area contributed by atoms with Crippen LogP contribution in [0.2, 0.25) is 5.15 Å². The van der Waals surface area contributed by atoms with E-state index in [0.717, 1.165) is 45.5 Å². The number of aromatic carboxylic acids is 1. The summed E-state index contributed by atoms with van der Waals surface area (Å²) in [5, 5.41) is 17.0. The molecule has 0 atom stereocenters. The number of hydrogen-bond acceptors (Lipinski definition) is 12. The number of carbonyl (C=O) groups excluding carboxylic acids is 2. The molecule has 5 aromatic heterocycles. The number of nitrogens with zero attached hydrogens (tertiary/aromatic N) is 9. The van der Waals surface area contributed by atoms with Crippen LogP contribution in [0, 0.1) is 17.5 Å². The zero-order valence-corrected chi connectivity index (χ0v) is 50.9. The molecule has 19 nitrogen and oxygen atoms in total. The number of ether oxygens (including phenoxy) is 1. The third-order valence-corrected chi connectivity index (χ3v) is 14.5. The number of carboxylic acids is 1. The molecule has 0 spiro atoms. The molecular weight excluding hydrogens is 1190 g/mol. The van der Waals surface area contributed by atoms with Crippen LogP contribution in [-0.2, 0) is 40.4 Å². The molecule has 0 saturated carbocycles. The van der Waals surface area contributed by atoms with Gasteiger partial charge in [0.1, 0.15) is 34.6 Å². The first-order chi connectivity index (χ1) is 43.8. The van der Waals surface area contributed by atoms with Gasteiger partial charge in [-0.05, 0) is 158 Å². The van der Waals surface area contributed by atoms with E-state index in [0.29, 0.717) is 82.5 Å². The quantitative estimate of drug-likeness (QED) is 0.0604. The Bertz CT molecular complexity index is 4590. The molecule has 23 heteroatoms. The number of aromatic nitrogens is 10. The lowest BCUT2D eigenvalue weighted by atomic mass is 9.98. The van der Waals surface area contributed by atoms with Crippen molar-refractivity contribution < 1.29 is 37.4 Å². The first-order valence-corrected chi connectivity index (χ1v) is 29.1. The average Bonchev–Trinajstić information content (AvgIpc) is 1.45. The number of aryl methyl sites for hydroxylation is 3. The van der Waals surface area contributed by atoms with Gasteiger partial charge in [0.15, 0.2) is 5.15 Å². The molecule has 7 aromatic carbocycles. The van der Waals surface area contributed by atoms with Crippen LogP contribution in [0.4, 0.5) is 13.2 Å². The Morgan fingerprint density at radius 2 is 1.05 bits per heavy atom. The highest BCUT2D eigenvalue weighted by Gasteiger charge is 2.16. The summed E-state index contributed by atoms with van der Waals surface area (Å²) in [5.41, 5.74) is 14.6. The largest absolute Gasteiger partial charge is 0.490 e. The number of imidazole rings is 3. The normalized spacial score (nSPS) is 10.9. The van der Waals surface area contributed by atoms with Crippen LogP contribution in [0.1, 0.15) is 62.0 Å². The van der Waals surface area contributed by atoms with Crippen LogP contribution in [-0.4, -0.2) is 97.2 Å². The highest BCUT2D eigenvalue weighted by Crippen LogP contribution is 2.36. The monoisotopic (exact) mass is 1250 g/mol. The number of carboxylic acid groups (broad SMARTS) is 1. The number of halogens is 4. The third kappa shape index (κ3) is 16.9. The van der Waals surface area contributed by atoms with Crippen molar-refractivity contribution in [2.75, 3.05) is 19.6 Å². The first kappa shape index (κ1) is 64.6. The fourth-order valence-corrected chi connectivity index (χ4v) is 9.69. The predicted molar refractivity (Wildman–Crippen MR) is 344 cm³/mol. The maximum Gasteiger partial charge on any atom is 0.335 e. The van der Waals surface area contributed by atoms with Gasteiger partial charge in [-0.2, -0.15) is 0 Å². The van der Waals surface area contributed by atoms with Crippen LogP contribution < -0.4 is 26.7 Å². The molecule has 6 N–H and O–H groups in total. The van der Waals surface area contributed by atoms with E-state index in [4.69, 9.17) is 27.2 Å². The van der Waals surface area contributed by atoms with Crippen molar-refractivity contribution in [1.29, 1.82) is 0 Å². The smallest absolute Gasteiger partial charge is 0.335 e. The van der Waals surface area contributed by atoms with Gasteiger partial charge in [-0.25, -0.2) is 47.9 Å². The lowest BCUT2D eigenvalue weighted by molar-refractivity contribution is 0.0696. The SMILES string of the molecule is CC(C)Oc1cc2ccc(C(=O)NCCc3cncn3C)cc2cc1-c1ccc(F)cc1.Cn1cncc1CCN.Cn1cncc1CCNC(=O)c1ccc2nc(Cl)c(-c3ccc(F)cc3)nc2c1.O=C(O)c1ccc2[nH]c(=O)c(-c3ccc(F)cc3)nc2c1. The first-order valence-electron chi connectivity index (χ1n) is 28.7. The number of benzene rings is 7. The van der Waals surface area contributed by atoms with Crippen LogP contribution in [0.3, 0.4) is 0 Å². The van der Waals surface area contributed by atoms with E-state index in [1.54, 1.807) is 73.8 Å². The number of carbonyl (C=O) groups is 3. The Labute approximate surface area is 525 Å². The Kier molecular flexibility index (Phi) is 21.2. The molecule has 0 aliphatic heterocycles. The molecule has 0 fully saturated rings. The van der Waals surface area contributed by atoms with E-state index >= 15 is 0 Å². The molecule has 12 rings (SSSR count). The third-order valence-electron chi connectivity index (χ3n) is 14.3. The number of fused-ring (bicyclic) bond motifs is 3. The molecule has 0 bridgehead atoms. The fraction of sp³-hybridized carbons (Fsp3) is 0.176. The highest BCUT2D eigenvalue weighted by atomic mass is 35.5. The molecule has 0 aliphatic carbocycles. The van der Waals surface area contributed by atoms with Gasteiger partial charge in [0, 0.05) is 117 Å². The predicted octanol–water partition coefficient (Wildman–Crippen LogP) is 11.3. The summed E-state index contributed by atoms with van der Waals surface area (Å²) in [6.07, 6.45) is 13.0. The second kappa shape index (κ2) is 29.9. The van der Waals surface area contributed by atoms with Crippen molar-refractivity contribution in [3.8, 4) is 39.4 Å². The summed E-state index contributed by atoms with van der Waals surface area (Å²) in [5.74, 6) is -1.71. The molecule has 0 saturated heterocycles. The fourth-order valence-electron chi connectivity index (χ4n) is 9.45. The second-order valence-corrected chi connectivity index (χ2v) is 21.5. The summed E-state index contributed by atoms with van der Waals surface area (Å²) in [4.78, 5) is 76.0. The summed E-state index contributed by atoms with van der Waals surface area (Å²) >= 11 is 6.26. The Morgan fingerprint density at radius 1 is 0.571 bits per heavy atom. The van der Waals surface area contributed by atoms with Gasteiger partial charge in [-0.3, -0.25) is 14.4 Å². The van der Waals surface area contributed by atoms with Gasteiger partial charge in [0.25, 0.3) is 17.4 Å². The minimum absolute atomic E-state index is 0.00359. The highest BCUT2D eigenvalue weighted by molar-refractivity contribution is 6.32. The molecule has 464 valence electrons. The van der Waals surface area contributed by atoms with Crippen molar-refractivity contribution in [2.45, 2.75) is 39.2 Å². The summed E-state index contributed by atoms with van der Waals surface area (Å²) in [6, 6.07) is 36.4. The number of hydrogen-bond donors (Lipinski definition) is 5. The number of H-pyrrole nitrogens is 1. The summed E-state index contributed by atoms with van der Waals surface area (Å²) in [7, 11) is 5.82. The summed E-state index contributed by atoms with van der Waals surface area (Å²) < 4.78 is 51.4. The van der Waals surface area contributed by atoms with Crippen LogP contribution in [0.25, 0.3) is 66.5 Å². The van der Waals surface area contributed by atoms with E-state index in [2.05, 4.69) is 45.5 Å². The number of amides is 2. The van der Waals surface area contributed by atoms with Crippen molar-refractivity contribution in [1.82, 2.24) is 59.2 Å². The van der Waals surface area contributed by atoms with E-state index in [1.165, 1.54) is 72.4 Å². The van der Waals surface area contributed by atoms with Crippen molar-refractivity contribution in [3.05, 3.63) is 244 Å².